The van der Waals surface area contributed by atoms with Gasteiger partial charge in [0.25, 0.3) is 0 Å². The van der Waals surface area contributed by atoms with Gasteiger partial charge in [-0.15, -0.1) is 0 Å². The lowest BCUT2D eigenvalue weighted by molar-refractivity contribution is -0.118. The molecule has 0 spiro atoms. The second kappa shape index (κ2) is 6.09. The minimum absolute atomic E-state index is 0.342. The minimum atomic E-state index is 0.342. The highest BCUT2D eigenvalue weighted by Gasteiger charge is 2.26. The molecule has 2 aliphatic rings. The van der Waals surface area contributed by atoms with Gasteiger partial charge in [-0.25, -0.2) is 0 Å². The molecule has 1 fully saturated rings. The summed E-state index contributed by atoms with van der Waals surface area (Å²) in [6.45, 7) is 4.36. The Kier molecular flexibility index (Phi) is 4.21. The molecule has 1 aliphatic heterocycles. The van der Waals surface area contributed by atoms with Crippen molar-refractivity contribution in [3.63, 3.8) is 0 Å². The molecule has 2 nitrogen and oxygen atoms in total. The lowest BCUT2D eigenvalue weighted by Crippen LogP contribution is -2.41. The van der Waals surface area contributed by atoms with Gasteiger partial charge in [-0.05, 0) is 42.4 Å². The van der Waals surface area contributed by atoms with E-state index in [2.05, 4.69) is 23.1 Å². The van der Waals surface area contributed by atoms with E-state index in [1.807, 2.05) is 6.92 Å². The molecule has 1 aromatic rings. The van der Waals surface area contributed by atoms with Gasteiger partial charge in [0.2, 0.25) is 0 Å². The van der Waals surface area contributed by atoms with Crippen molar-refractivity contribution in [3.8, 4) is 0 Å². The quantitative estimate of drug-likeness (QED) is 0.838. The molecule has 0 aromatic heterocycles. The third kappa shape index (κ3) is 2.95. The Balaban J connectivity index is 1.69. The van der Waals surface area contributed by atoms with Gasteiger partial charge in [-0.3, -0.25) is 9.69 Å². The van der Waals surface area contributed by atoms with E-state index in [-0.39, 0.29) is 0 Å². The number of carbonyl (C=O) groups is 1. The van der Waals surface area contributed by atoms with E-state index in [0.717, 1.165) is 12.5 Å². The Morgan fingerprint density at radius 3 is 2.60 bits per heavy atom. The van der Waals surface area contributed by atoms with Crippen molar-refractivity contribution in [2.24, 2.45) is 0 Å². The third-order valence-corrected chi connectivity index (χ3v) is 4.99. The van der Waals surface area contributed by atoms with Gasteiger partial charge in [0.05, 0.1) is 0 Å². The van der Waals surface area contributed by atoms with Crippen LogP contribution in [0.1, 0.15) is 49.3 Å². The SMILES string of the molecule is CCC(=O)Cc1ccc2c(c1)CCN(C1CCC1)CC2. The smallest absolute Gasteiger partial charge is 0.136 e. The Hall–Kier alpha value is -1.15. The lowest BCUT2D eigenvalue weighted by Gasteiger charge is -2.36. The van der Waals surface area contributed by atoms with Crippen LogP contribution in [-0.2, 0) is 24.1 Å². The van der Waals surface area contributed by atoms with Gasteiger partial charge < -0.3 is 0 Å². The van der Waals surface area contributed by atoms with Crippen LogP contribution < -0.4 is 0 Å². The van der Waals surface area contributed by atoms with Gasteiger partial charge >= 0.3 is 0 Å². The summed E-state index contributed by atoms with van der Waals surface area (Å²) in [5.41, 5.74) is 4.18. The van der Waals surface area contributed by atoms with Crippen molar-refractivity contribution in [3.05, 3.63) is 34.9 Å². The van der Waals surface area contributed by atoms with Crippen LogP contribution in [0.15, 0.2) is 18.2 Å². The standard InChI is InChI=1S/C18H25NO/c1-2-18(20)13-14-6-7-15-8-10-19(17-4-3-5-17)11-9-16(15)12-14/h6-7,12,17H,2-5,8-11,13H2,1H3. The number of hydrogen-bond donors (Lipinski definition) is 0. The number of rotatable bonds is 4. The van der Waals surface area contributed by atoms with Crippen molar-refractivity contribution >= 4 is 5.78 Å². The van der Waals surface area contributed by atoms with Crippen LogP contribution in [0.2, 0.25) is 0 Å². The molecule has 0 amide bonds. The van der Waals surface area contributed by atoms with Crippen LogP contribution in [0.5, 0.6) is 0 Å². The summed E-state index contributed by atoms with van der Waals surface area (Å²) in [7, 11) is 0. The fraction of sp³-hybridized carbons (Fsp3) is 0.611. The summed E-state index contributed by atoms with van der Waals surface area (Å²) >= 11 is 0. The van der Waals surface area contributed by atoms with Gasteiger partial charge in [-0.1, -0.05) is 31.5 Å². The Morgan fingerprint density at radius 2 is 1.95 bits per heavy atom. The highest BCUT2D eigenvalue weighted by atomic mass is 16.1. The Bertz CT molecular complexity index is 490. The molecule has 20 heavy (non-hydrogen) atoms. The molecule has 2 heteroatoms. The third-order valence-electron chi connectivity index (χ3n) is 4.99. The number of ketones is 1. The second-order valence-corrected chi connectivity index (χ2v) is 6.29. The number of nitrogens with zero attached hydrogens (tertiary/aromatic N) is 1. The maximum Gasteiger partial charge on any atom is 0.136 e. The van der Waals surface area contributed by atoms with Gasteiger partial charge in [0.15, 0.2) is 0 Å². The van der Waals surface area contributed by atoms with Crippen LogP contribution in [0.3, 0.4) is 0 Å². The second-order valence-electron chi connectivity index (χ2n) is 6.29. The molecular formula is C18H25NO. The van der Waals surface area contributed by atoms with Crippen molar-refractivity contribution in [1.82, 2.24) is 4.90 Å². The van der Waals surface area contributed by atoms with E-state index in [0.29, 0.717) is 18.6 Å². The average Bonchev–Trinajstić information content (AvgIpc) is 2.60. The fourth-order valence-electron chi connectivity index (χ4n) is 3.38. The van der Waals surface area contributed by atoms with E-state index in [9.17, 15) is 4.79 Å². The normalized spacial score (nSPS) is 20.1. The predicted octanol–water partition coefficient (Wildman–Crippen LogP) is 3.16. The first-order valence-corrected chi connectivity index (χ1v) is 8.12. The maximum absolute atomic E-state index is 11.6. The summed E-state index contributed by atoms with van der Waals surface area (Å²) < 4.78 is 0. The molecule has 0 N–H and O–H groups in total. The molecule has 108 valence electrons. The molecule has 0 radical (unpaired) electrons. The molecule has 1 aromatic carbocycles. The molecular weight excluding hydrogens is 246 g/mol. The zero-order valence-electron chi connectivity index (χ0n) is 12.5. The summed E-state index contributed by atoms with van der Waals surface area (Å²) in [6.07, 6.45) is 7.78. The highest BCUT2D eigenvalue weighted by molar-refractivity contribution is 5.80. The minimum Gasteiger partial charge on any atom is -0.300 e. The van der Waals surface area contributed by atoms with Crippen molar-refractivity contribution in [1.29, 1.82) is 0 Å². The first-order valence-electron chi connectivity index (χ1n) is 8.12. The van der Waals surface area contributed by atoms with Crippen molar-refractivity contribution in [2.75, 3.05) is 13.1 Å². The number of carbonyl (C=O) groups excluding carboxylic acids is 1. The van der Waals surface area contributed by atoms with E-state index >= 15 is 0 Å². The van der Waals surface area contributed by atoms with Gasteiger partial charge in [0, 0.05) is 32.0 Å². The average molecular weight is 271 g/mol. The largest absolute Gasteiger partial charge is 0.300 e. The topological polar surface area (TPSA) is 20.3 Å². The molecule has 1 aliphatic carbocycles. The van der Waals surface area contributed by atoms with E-state index in [1.54, 1.807) is 0 Å². The Labute approximate surface area is 122 Å². The predicted molar refractivity (Wildman–Crippen MR) is 82.1 cm³/mol. The monoisotopic (exact) mass is 271 g/mol. The zero-order valence-corrected chi connectivity index (χ0v) is 12.5. The highest BCUT2D eigenvalue weighted by Crippen LogP contribution is 2.27. The van der Waals surface area contributed by atoms with E-state index in [4.69, 9.17) is 0 Å². The van der Waals surface area contributed by atoms with Gasteiger partial charge in [-0.2, -0.15) is 0 Å². The van der Waals surface area contributed by atoms with Crippen LogP contribution >= 0.6 is 0 Å². The van der Waals surface area contributed by atoms with E-state index < -0.39 is 0 Å². The van der Waals surface area contributed by atoms with Crippen molar-refractivity contribution in [2.45, 2.75) is 57.9 Å². The zero-order chi connectivity index (χ0) is 13.9. The fourth-order valence-corrected chi connectivity index (χ4v) is 3.38. The van der Waals surface area contributed by atoms with Crippen molar-refractivity contribution < 1.29 is 4.79 Å². The van der Waals surface area contributed by atoms with Crippen LogP contribution in [0.25, 0.3) is 0 Å². The molecule has 1 saturated carbocycles. The molecule has 0 atom stereocenters. The van der Waals surface area contributed by atoms with E-state index in [1.165, 1.54) is 55.5 Å². The van der Waals surface area contributed by atoms with Gasteiger partial charge in [0.1, 0.15) is 5.78 Å². The van der Waals surface area contributed by atoms with Crippen LogP contribution in [-0.4, -0.2) is 29.8 Å². The molecule has 1 heterocycles. The summed E-state index contributed by atoms with van der Waals surface area (Å²) in [6, 6.07) is 7.56. The molecule has 0 unspecified atom stereocenters. The summed E-state index contributed by atoms with van der Waals surface area (Å²) in [4.78, 5) is 14.3. The lowest BCUT2D eigenvalue weighted by atomic mass is 9.91. The summed E-state index contributed by atoms with van der Waals surface area (Å²) in [5, 5.41) is 0. The van der Waals surface area contributed by atoms with Crippen LogP contribution in [0, 0.1) is 0 Å². The number of benzene rings is 1. The van der Waals surface area contributed by atoms with Crippen LogP contribution in [0.4, 0.5) is 0 Å². The summed E-state index contributed by atoms with van der Waals surface area (Å²) in [5.74, 6) is 0.342. The molecule has 3 rings (SSSR count). The number of hydrogen-bond acceptors (Lipinski definition) is 2. The maximum atomic E-state index is 11.6. The molecule has 0 bridgehead atoms. The Morgan fingerprint density at radius 1 is 1.20 bits per heavy atom. The first-order chi connectivity index (χ1) is 9.76. The number of Topliss-reactive ketones (excluding diaryl/α,β-unsaturated/α-hetero) is 1. The molecule has 0 saturated heterocycles. The first kappa shape index (κ1) is 13.8. The number of fused-ring (bicyclic) bond motifs is 1.